The molecule has 1 amide bonds. The van der Waals surface area contributed by atoms with Crippen LogP contribution in [-0.2, 0) is 31.0 Å². The normalized spacial score (nSPS) is 17.3. The van der Waals surface area contributed by atoms with Gasteiger partial charge in [-0.1, -0.05) is 18.6 Å². The Balaban J connectivity index is 1.22. The third-order valence-corrected chi connectivity index (χ3v) is 5.92. The molecule has 1 saturated carbocycles. The third-order valence-electron chi connectivity index (χ3n) is 5.92. The Kier molecular flexibility index (Phi) is 4.56. The number of rotatable bonds is 5. The van der Waals surface area contributed by atoms with Gasteiger partial charge in [0.15, 0.2) is 0 Å². The Labute approximate surface area is 164 Å². The van der Waals surface area contributed by atoms with E-state index in [1.807, 2.05) is 12.3 Å². The number of benzene rings is 1. The maximum Gasteiger partial charge on any atom is 0.223 e. The van der Waals surface area contributed by atoms with Crippen molar-refractivity contribution in [3.8, 4) is 0 Å². The summed E-state index contributed by atoms with van der Waals surface area (Å²) in [4.78, 5) is 18.9. The molecule has 2 aliphatic rings. The molecule has 0 saturated heterocycles. The zero-order valence-corrected chi connectivity index (χ0v) is 16.0. The first-order valence-electron chi connectivity index (χ1n) is 10.1. The van der Waals surface area contributed by atoms with Gasteiger partial charge in [-0.2, -0.15) is 5.10 Å². The molecule has 1 aliphatic heterocycles. The number of nitrogens with one attached hydrogen (secondary N) is 1. The highest BCUT2D eigenvalue weighted by atomic mass is 16.1. The van der Waals surface area contributed by atoms with Crippen molar-refractivity contribution >= 4 is 16.8 Å². The van der Waals surface area contributed by atoms with Crippen molar-refractivity contribution in [2.45, 2.75) is 45.4 Å². The second-order valence-corrected chi connectivity index (χ2v) is 7.94. The zero-order valence-electron chi connectivity index (χ0n) is 16.0. The molecule has 1 fully saturated rings. The minimum absolute atomic E-state index is 0.185. The van der Waals surface area contributed by atoms with Crippen LogP contribution in [0.3, 0.4) is 0 Å². The second-order valence-electron chi connectivity index (χ2n) is 7.94. The fraction of sp³-hybridized carbons (Fsp3) is 0.409. The largest absolute Gasteiger partial charge is 0.350 e. The van der Waals surface area contributed by atoms with Crippen molar-refractivity contribution in [3.63, 3.8) is 0 Å². The molecule has 1 aromatic carbocycles. The van der Waals surface area contributed by atoms with Crippen LogP contribution in [0.2, 0.25) is 0 Å². The summed E-state index contributed by atoms with van der Waals surface area (Å²) >= 11 is 0. The van der Waals surface area contributed by atoms with E-state index in [-0.39, 0.29) is 11.8 Å². The van der Waals surface area contributed by atoms with Crippen LogP contribution in [0.15, 0.2) is 42.6 Å². The number of aromatic nitrogens is 3. The number of fused-ring (bicyclic) bond motifs is 2. The first-order chi connectivity index (χ1) is 13.7. The van der Waals surface area contributed by atoms with E-state index in [2.05, 4.69) is 55.3 Å². The van der Waals surface area contributed by atoms with Crippen LogP contribution in [0.4, 0.5) is 0 Å². The Morgan fingerprint density at radius 2 is 2.11 bits per heavy atom. The van der Waals surface area contributed by atoms with E-state index in [4.69, 9.17) is 0 Å². The molecule has 0 spiro atoms. The minimum atomic E-state index is 0.185. The molecule has 0 unspecified atom stereocenters. The fourth-order valence-corrected chi connectivity index (χ4v) is 4.08. The Hall–Kier alpha value is -2.73. The molecular weight excluding hydrogens is 350 g/mol. The topological polar surface area (TPSA) is 63.1 Å². The van der Waals surface area contributed by atoms with Crippen LogP contribution in [0.1, 0.15) is 36.2 Å². The van der Waals surface area contributed by atoms with Crippen molar-refractivity contribution in [1.82, 2.24) is 25.0 Å². The predicted octanol–water partition coefficient (Wildman–Crippen LogP) is 2.86. The van der Waals surface area contributed by atoms with Gasteiger partial charge in [-0.3, -0.25) is 19.4 Å². The van der Waals surface area contributed by atoms with Crippen molar-refractivity contribution in [3.05, 3.63) is 59.5 Å². The molecular formula is C22H25N5O. The van der Waals surface area contributed by atoms with E-state index in [9.17, 15) is 4.79 Å². The van der Waals surface area contributed by atoms with Crippen LogP contribution in [0.25, 0.3) is 10.9 Å². The number of nitrogens with zero attached hydrogens (tertiary/aromatic N) is 4. The summed E-state index contributed by atoms with van der Waals surface area (Å²) in [5, 5.41) is 8.91. The highest BCUT2D eigenvalue weighted by Crippen LogP contribution is 2.26. The summed E-state index contributed by atoms with van der Waals surface area (Å²) in [5.41, 5.74) is 4.53. The summed E-state index contributed by atoms with van der Waals surface area (Å²) in [6.45, 7) is 4.21. The Morgan fingerprint density at radius 1 is 1.18 bits per heavy atom. The Morgan fingerprint density at radius 3 is 2.96 bits per heavy atom. The molecule has 3 aromatic rings. The van der Waals surface area contributed by atoms with Gasteiger partial charge in [0.1, 0.15) is 0 Å². The van der Waals surface area contributed by atoms with Gasteiger partial charge in [0.25, 0.3) is 0 Å². The Bertz CT molecular complexity index is 1010. The average molecular weight is 375 g/mol. The van der Waals surface area contributed by atoms with E-state index < -0.39 is 0 Å². The number of amides is 1. The van der Waals surface area contributed by atoms with Gasteiger partial charge < -0.3 is 5.32 Å². The standard InChI is InChI=1S/C22H25N5O/c28-22(17-3-1-4-17)24-13-19-12-20-15-26(9-10-27(20)25-19)14-16-6-7-21-18(11-16)5-2-8-23-21/h2,5-8,11-12,17H,1,3-4,9-10,13-15H2,(H,24,28). The van der Waals surface area contributed by atoms with E-state index >= 15 is 0 Å². The molecule has 0 radical (unpaired) electrons. The van der Waals surface area contributed by atoms with Crippen molar-refractivity contribution in [1.29, 1.82) is 0 Å². The highest BCUT2D eigenvalue weighted by Gasteiger charge is 2.25. The van der Waals surface area contributed by atoms with E-state index in [0.29, 0.717) is 6.54 Å². The lowest BCUT2D eigenvalue weighted by Gasteiger charge is -2.27. The van der Waals surface area contributed by atoms with Crippen LogP contribution >= 0.6 is 0 Å². The first-order valence-corrected chi connectivity index (χ1v) is 10.1. The number of carbonyl (C=O) groups is 1. The van der Waals surface area contributed by atoms with Gasteiger partial charge in [0, 0.05) is 37.1 Å². The van der Waals surface area contributed by atoms with E-state index in [1.165, 1.54) is 23.1 Å². The number of hydrogen-bond donors (Lipinski definition) is 1. The number of pyridine rings is 1. The molecule has 2 aromatic heterocycles. The molecule has 0 atom stereocenters. The fourth-order valence-electron chi connectivity index (χ4n) is 4.08. The molecule has 0 bridgehead atoms. The summed E-state index contributed by atoms with van der Waals surface area (Å²) in [6.07, 6.45) is 5.08. The maximum absolute atomic E-state index is 12.0. The highest BCUT2D eigenvalue weighted by molar-refractivity contribution is 5.79. The molecule has 28 heavy (non-hydrogen) atoms. The lowest BCUT2D eigenvalue weighted by Crippen LogP contribution is -2.34. The minimum Gasteiger partial charge on any atom is -0.350 e. The number of hydrogen-bond acceptors (Lipinski definition) is 4. The SMILES string of the molecule is O=C(NCc1cc2n(n1)CCN(Cc1ccc3ncccc3c1)C2)C1CCC1. The lowest BCUT2D eigenvalue weighted by molar-refractivity contribution is -0.127. The maximum atomic E-state index is 12.0. The molecule has 6 heteroatoms. The molecule has 3 heterocycles. The smallest absolute Gasteiger partial charge is 0.223 e. The van der Waals surface area contributed by atoms with Crippen LogP contribution in [0.5, 0.6) is 0 Å². The molecule has 5 rings (SSSR count). The van der Waals surface area contributed by atoms with Gasteiger partial charge in [0.2, 0.25) is 5.91 Å². The third kappa shape index (κ3) is 3.52. The summed E-state index contributed by atoms with van der Waals surface area (Å²) in [6, 6.07) is 12.7. The zero-order chi connectivity index (χ0) is 18.9. The van der Waals surface area contributed by atoms with Crippen LogP contribution < -0.4 is 5.32 Å². The van der Waals surface area contributed by atoms with Gasteiger partial charge in [-0.25, -0.2) is 0 Å². The molecule has 1 aliphatic carbocycles. The van der Waals surface area contributed by atoms with Gasteiger partial charge in [0.05, 0.1) is 30.0 Å². The molecule has 1 N–H and O–H groups in total. The number of carbonyl (C=O) groups excluding carboxylic acids is 1. The van der Waals surface area contributed by atoms with Crippen molar-refractivity contribution in [2.24, 2.45) is 5.92 Å². The van der Waals surface area contributed by atoms with Crippen molar-refractivity contribution < 1.29 is 4.79 Å². The summed E-state index contributed by atoms with van der Waals surface area (Å²) < 4.78 is 2.09. The summed E-state index contributed by atoms with van der Waals surface area (Å²) in [5.74, 6) is 0.412. The lowest BCUT2D eigenvalue weighted by atomic mass is 9.85. The van der Waals surface area contributed by atoms with Gasteiger partial charge >= 0.3 is 0 Å². The van der Waals surface area contributed by atoms with Gasteiger partial charge in [-0.05, 0) is 42.7 Å². The van der Waals surface area contributed by atoms with Crippen LogP contribution in [-0.4, -0.2) is 32.1 Å². The van der Waals surface area contributed by atoms with E-state index in [1.54, 1.807) is 0 Å². The monoisotopic (exact) mass is 375 g/mol. The van der Waals surface area contributed by atoms with Crippen LogP contribution in [0, 0.1) is 5.92 Å². The molecule has 6 nitrogen and oxygen atoms in total. The second kappa shape index (κ2) is 7.36. The van der Waals surface area contributed by atoms with Crippen molar-refractivity contribution in [2.75, 3.05) is 6.54 Å². The van der Waals surface area contributed by atoms with E-state index in [0.717, 1.165) is 50.2 Å². The molecule has 144 valence electrons. The average Bonchev–Trinajstić information content (AvgIpc) is 3.07. The quantitative estimate of drug-likeness (QED) is 0.745. The first kappa shape index (κ1) is 17.4. The predicted molar refractivity (Wildman–Crippen MR) is 107 cm³/mol. The van der Waals surface area contributed by atoms with Gasteiger partial charge in [-0.15, -0.1) is 0 Å². The summed E-state index contributed by atoms with van der Waals surface area (Å²) in [7, 11) is 0.